The summed E-state index contributed by atoms with van der Waals surface area (Å²) in [7, 11) is 0. The molecule has 0 unspecified atom stereocenters. The molecule has 1 saturated carbocycles. The van der Waals surface area contributed by atoms with Gasteiger partial charge in [0, 0.05) is 31.0 Å². The molecule has 0 radical (unpaired) electrons. The number of fused-ring (bicyclic) bond motifs is 1. The highest BCUT2D eigenvalue weighted by molar-refractivity contribution is 5.96. The first kappa shape index (κ1) is 18.6. The number of aromatic nitrogens is 1. The first-order chi connectivity index (χ1) is 12.2. The lowest BCUT2D eigenvalue weighted by molar-refractivity contribution is -0.119. The average molecular weight is 363 g/mol. The highest BCUT2D eigenvalue weighted by atomic mass is 19.1. The van der Waals surface area contributed by atoms with E-state index < -0.39 is 17.5 Å². The van der Waals surface area contributed by atoms with Crippen molar-refractivity contribution in [2.75, 3.05) is 4.90 Å². The fourth-order valence-electron chi connectivity index (χ4n) is 3.69. The van der Waals surface area contributed by atoms with Gasteiger partial charge in [0.25, 0.3) is 0 Å². The molecule has 26 heavy (non-hydrogen) atoms. The van der Waals surface area contributed by atoms with Crippen molar-refractivity contribution in [2.24, 2.45) is 0 Å². The molecule has 2 heterocycles. The second-order valence-corrected chi connectivity index (χ2v) is 8.03. The molecule has 1 aromatic heterocycles. The van der Waals surface area contributed by atoms with Crippen LogP contribution in [0.1, 0.15) is 58.6 Å². The number of rotatable bonds is 2. The van der Waals surface area contributed by atoms with Crippen LogP contribution < -0.4 is 10.2 Å². The highest BCUT2D eigenvalue weighted by Crippen LogP contribution is 2.33. The number of carbonyl (C=O) groups excluding carboxylic acids is 2. The Hall–Kier alpha value is -2.18. The Balaban J connectivity index is 1.63. The minimum atomic E-state index is -0.526. The molecular formula is C19H26FN3O3. The number of pyridine rings is 1. The van der Waals surface area contributed by atoms with Crippen LogP contribution in [0.25, 0.3) is 0 Å². The first-order valence-electron chi connectivity index (χ1n) is 9.19. The normalized spacial score (nSPS) is 23.4. The maximum absolute atomic E-state index is 13.6. The van der Waals surface area contributed by atoms with Gasteiger partial charge in [-0.1, -0.05) is 0 Å². The molecule has 0 bridgehead atoms. The molecule has 1 N–H and O–H groups in total. The van der Waals surface area contributed by atoms with Crippen LogP contribution in [0.3, 0.4) is 0 Å². The molecule has 0 saturated heterocycles. The van der Waals surface area contributed by atoms with E-state index in [-0.39, 0.29) is 18.0 Å². The van der Waals surface area contributed by atoms with Crippen molar-refractivity contribution in [3.8, 4) is 0 Å². The number of alkyl carbamates (subject to hydrolysis) is 1. The van der Waals surface area contributed by atoms with Crippen molar-refractivity contribution in [1.29, 1.82) is 0 Å². The Labute approximate surface area is 153 Å². The number of nitrogens with one attached hydrogen (secondary N) is 1. The van der Waals surface area contributed by atoms with Gasteiger partial charge in [-0.25, -0.2) is 9.18 Å². The molecule has 0 aromatic carbocycles. The zero-order chi connectivity index (χ0) is 18.9. The van der Waals surface area contributed by atoms with Crippen LogP contribution in [0.5, 0.6) is 0 Å². The molecule has 6 nitrogen and oxygen atoms in total. The Morgan fingerprint density at radius 3 is 2.62 bits per heavy atom. The molecule has 1 fully saturated rings. The summed E-state index contributed by atoms with van der Waals surface area (Å²) in [6.45, 7) is 5.49. The van der Waals surface area contributed by atoms with Crippen LogP contribution in [0, 0.1) is 5.82 Å². The van der Waals surface area contributed by atoms with Gasteiger partial charge in [-0.3, -0.25) is 9.78 Å². The zero-order valence-corrected chi connectivity index (χ0v) is 15.5. The number of anilines is 1. The smallest absolute Gasteiger partial charge is 0.407 e. The van der Waals surface area contributed by atoms with Gasteiger partial charge >= 0.3 is 6.09 Å². The van der Waals surface area contributed by atoms with Gasteiger partial charge in [-0.2, -0.15) is 0 Å². The lowest BCUT2D eigenvalue weighted by atomic mass is 9.88. The average Bonchev–Trinajstić information content (AvgIpc) is 2.54. The predicted octanol–water partition coefficient (Wildman–Crippen LogP) is 3.34. The summed E-state index contributed by atoms with van der Waals surface area (Å²) in [6, 6.07) is 1.46. The van der Waals surface area contributed by atoms with E-state index in [0.29, 0.717) is 18.5 Å². The van der Waals surface area contributed by atoms with Gasteiger partial charge in [0.15, 0.2) is 0 Å². The van der Waals surface area contributed by atoms with Gasteiger partial charge in [-0.05, 0) is 46.5 Å². The van der Waals surface area contributed by atoms with Crippen LogP contribution in [-0.4, -0.2) is 34.7 Å². The number of hydrogen-bond donors (Lipinski definition) is 1. The minimum Gasteiger partial charge on any atom is -0.444 e. The van der Waals surface area contributed by atoms with Crippen molar-refractivity contribution in [2.45, 2.75) is 77.0 Å². The largest absolute Gasteiger partial charge is 0.444 e. The summed E-state index contributed by atoms with van der Waals surface area (Å²) in [4.78, 5) is 30.3. The Morgan fingerprint density at radius 1 is 1.27 bits per heavy atom. The molecule has 1 aliphatic carbocycles. The number of halogens is 1. The fraction of sp³-hybridized carbons (Fsp3) is 0.632. The maximum atomic E-state index is 13.6. The molecule has 1 aromatic rings. The number of carbonyl (C=O) groups is 2. The van der Waals surface area contributed by atoms with E-state index in [1.165, 1.54) is 12.3 Å². The fourth-order valence-corrected chi connectivity index (χ4v) is 3.69. The van der Waals surface area contributed by atoms with E-state index in [1.807, 2.05) is 20.8 Å². The molecule has 0 spiro atoms. The standard InChI is InChI=1S/C19H26FN3O3/c1-19(2,3)26-18(25)22-13-4-6-14(7-5-13)23-16-10-12(20)11-21-15(16)8-9-17(23)24/h10-11,13-14H,4-9H2,1-3H3,(H,22,25). The first-order valence-corrected chi connectivity index (χ1v) is 9.19. The quantitative estimate of drug-likeness (QED) is 0.875. The molecule has 142 valence electrons. The Bertz CT molecular complexity index is 694. The molecule has 1 aliphatic heterocycles. The third-order valence-electron chi connectivity index (χ3n) is 4.80. The predicted molar refractivity (Wildman–Crippen MR) is 95.4 cm³/mol. The zero-order valence-electron chi connectivity index (χ0n) is 15.5. The van der Waals surface area contributed by atoms with Crippen LogP contribution in [0.15, 0.2) is 12.3 Å². The van der Waals surface area contributed by atoms with E-state index in [0.717, 1.165) is 31.4 Å². The van der Waals surface area contributed by atoms with E-state index >= 15 is 0 Å². The summed E-state index contributed by atoms with van der Waals surface area (Å²) in [5.74, 6) is -0.405. The van der Waals surface area contributed by atoms with Crippen molar-refractivity contribution >= 4 is 17.7 Å². The molecular weight excluding hydrogens is 337 g/mol. The van der Waals surface area contributed by atoms with E-state index in [9.17, 15) is 14.0 Å². The molecule has 7 heteroatoms. The topological polar surface area (TPSA) is 71.5 Å². The van der Waals surface area contributed by atoms with E-state index in [1.54, 1.807) is 4.90 Å². The Kier molecular flexibility index (Phi) is 5.16. The minimum absolute atomic E-state index is 0.0156. The van der Waals surface area contributed by atoms with E-state index in [4.69, 9.17) is 4.74 Å². The molecule has 2 amide bonds. The summed E-state index contributed by atoms with van der Waals surface area (Å²) >= 11 is 0. The number of hydrogen-bond acceptors (Lipinski definition) is 4. The third kappa shape index (κ3) is 4.31. The SMILES string of the molecule is CC(C)(C)OC(=O)NC1CCC(N2C(=O)CCc3ncc(F)cc32)CC1. The number of amides is 2. The van der Waals surface area contributed by atoms with Crippen molar-refractivity contribution in [3.63, 3.8) is 0 Å². The van der Waals surface area contributed by atoms with Gasteiger partial charge in [0.1, 0.15) is 11.4 Å². The van der Waals surface area contributed by atoms with Crippen LogP contribution in [0.4, 0.5) is 14.9 Å². The van der Waals surface area contributed by atoms with Gasteiger partial charge in [0.05, 0.1) is 17.6 Å². The second kappa shape index (κ2) is 7.21. The van der Waals surface area contributed by atoms with Gasteiger partial charge in [0.2, 0.25) is 5.91 Å². The molecule has 0 atom stereocenters. The number of nitrogens with zero attached hydrogens (tertiary/aromatic N) is 2. The van der Waals surface area contributed by atoms with E-state index in [2.05, 4.69) is 10.3 Å². The summed E-state index contributed by atoms with van der Waals surface area (Å²) < 4.78 is 18.9. The van der Waals surface area contributed by atoms with Crippen LogP contribution in [-0.2, 0) is 16.0 Å². The van der Waals surface area contributed by atoms with Crippen LogP contribution in [0.2, 0.25) is 0 Å². The molecule has 3 rings (SSSR count). The van der Waals surface area contributed by atoms with Crippen LogP contribution >= 0.6 is 0 Å². The maximum Gasteiger partial charge on any atom is 0.407 e. The van der Waals surface area contributed by atoms with Gasteiger partial charge < -0.3 is 15.0 Å². The summed E-state index contributed by atoms with van der Waals surface area (Å²) in [6.07, 6.45) is 4.77. The molecule has 2 aliphatic rings. The van der Waals surface area contributed by atoms with Crippen molar-refractivity contribution < 1.29 is 18.7 Å². The lowest BCUT2D eigenvalue weighted by Crippen LogP contribution is -2.48. The third-order valence-corrected chi connectivity index (χ3v) is 4.80. The lowest BCUT2D eigenvalue weighted by Gasteiger charge is -2.39. The van der Waals surface area contributed by atoms with Crippen molar-refractivity contribution in [3.05, 3.63) is 23.8 Å². The monoisotopic (exact) mass is 363 g/mol. The van der Waals surface area contributed by atoms with Gasteiger partial charge in [-0.15, -0.1) is 0 Å². The van der Waals surface area contributed by atoms with Crippen molar-refractivity contribution in [1.82, 2.24) is 10.3 Å². The number of ether oxygens (including phenoxy) is 1. The summed E-state index contributed by atoms with van der Waals surface area (Å²) in [5.41, 5.74) is 0.854. The highest BCUT2D eigenvalue weighted by Gasteiger charge is 2.34. The Morgan fingerprint density at radius 2 is 1.96 bits per heavy atom. The second-order valence-electron chi connectivity index (χ2n) is 8.03. The number of aryl methyl sites for hydroxylation is 1. The summed E-state index contributed by atoms with van der Waals surface area (Å²) in [5, 5.41) is 2.90.